The van der Waals surface area contributed by atoms with Crippen molar-refractivity contribution in [3.63, 3.8) is 0 Å². The average molecular weight is 254 g/mol. The quantitative estimate of drug-likeness (QED) is 0.464. The van der Waals surface area contributed by atoms with Crippen molar-refractivity contribution >= 4 is 0 Å². The molecule has 0 spiro atoms. The molecule has 0 atom stereocenters. The van der Waals surface area contributed by atoms with Gasteiger partial charge in [-0.25, -0.2) is 0 Å². The van der Waals surface area contributed by atoms with Crippen molar-refractivity contribution in [1.82, 2.24) is 10.6 Å². The number of ether oxygens (including phenoxy) is 1. The van der Waals surface area contributed by atoms with Crippen molar-refractivity contribution in [1.29, 1.82) is 0 Å². The first-order valence-electron chi connectivity index (χ1n) is 7.47. The first-order chi connectivity index (χ1) is 8.86. The lowest BCUT2D eigenvalue weighted by atomic mass is 9.93. The molecular formula is C15H30N2O. The average Bonchev–Trinajstić information content (AvgIpc) is 2.42. The highest BCUT2D eigenvalue weighted by atomic mass is 16.5. The second-order valence-corrected chi connectivity index (χ2v) is 5.17. The van der Waals surface area contributed by atoms with E-state index in [0.29, 0.717) is 6.10 Å². The normalized spacial score (nSPS) is 24.1. The molecule has 1 fully saturated rings. The second-order valence-electron chi connectivity index (χ2n) is 5.17. The minimum Gasteiger partial charge on any atom is -0.378 e. The van der Waals surface area contributed by atoms with E-state index in [2.05, 4.69) is 24.3 Å². The molecule has 1 aliphatic rings. The molecular weight excluding hydrogens is 224 g/mol. The zero-order chi connectivity index (χ0) is 13.1. The summed E-state index contributed by atoms with van der Waals surface area (Å²) < 4.78 is 5.93. The van der Waals surface area contributed by atoms with Gasteiger partial charge >= 0.3 is 0 Å². The third kappa shape index (κ3) is 7.14. The van der Waals surface area contributed by atoms with E-state index in [4.69, 9.17) is 4.74 Å². The Morgan fingerprint density at radius 2 is 1.94 bits per heavy atom. The fourth-order valence-electron chi connectivity index (χ4n) is 2.45. The molecule has 0 amide bonds. The van der Waals surface area contributed by atoms with Gasteiger partial charge in [0.25, 0.3) is 0 Å². The van der Waals surface area contributed by atoms with E-state index in [0.717, 1.165) is 32.2 Å². The summed E-state index contributed by atoms with van der Waals surface area (Å²) in [5.74, 6) is 0. The van der Waals surface area contributed by atoms with Crippen LogP contribution in [0.25, 0.3) is 0 Å². The van der Waals surface area contributed by atoms with Crippen LogP contribution in [0.4, 0.5) is 0 Å². The molecule has 0 aliphatic heterocycles. The zero-order valence-electron chi connectivity index (χ0n) is 11.9. The van der Waals surface area contributed by atoms with Crippen LogP contribution in [0.3, 0.4) is 0 Å². The Morgan fingerprint density at radius 1 is 1.17 bits per heavy atom. The van der Waals surface area contributed by atoms with E-state index in [9.17, 15) is 0 Å². The number of hydrogen-bond donors (Lipinski definition) is 2. The van der Waals surface area contributed by atoms with E-state index in [-0.39, 0.29) is 0 Å². The van der Waals surface area contributed by atoms with Crippen LogP contribution in [-0.4, -0.2) is 38.9 Å². The van der Waals surface area contributed by atoms with Crippen molar-refractivity contribution < 1.29 is 4.74 Å². The van der Waals surface area contributed by atoms with Crippen LogP contribution < -0.4 is 10.6 Å². The minimum absolute atomic E-state index is 0.517. The smallest absolute Gasteiger partial charge is 0.0576 e. The van der Waals surface area contributed by atoms with Crippen molar-refractivity contribution in [2.75, 3.05) is 26.7 Å². The first kappa shape index (κ1) is 15.7. The molecule has 1 saturated carbocycles. The Balaban J connectivity index is 1.85. The predicted molar refractivity (Wildman–Crippen MR) is 78.0 cm³/mol. The van der Waals surface area contributed by atoms with Gasteiger partial charge in [-0.05, 0) is 65.1 Å². The molecule has 0 aromatic rings. The van der Waals surface area contributed by atoms with Crippen LogP contribution >= 0.6 is 0 Å². The highest BCUT2D eigenvalue weighted by molar-refractivity contribution is 4.76. The fourth-order valence-corrected chi connectivity index (χ4v) is 2.45. The molecule has 106 valence electrons. The van der Waals surface area contributed by atoms with Crippen molar-refractivity contribution in [2.24, 2.45) is 0 Å². The zero-order valence-corrected chi connectivity index (χ0v) is 11.9. The van der Waals surface area contributed by atoms with Gasteiger partial charge in [-0.15, -0.1) is 6.58 Å². The highest BCUT2D eigenvalue weighted by Gasteiger charge is 2.19. The lowest BCUT2D eigenvalue weighted by molar-refractivity contribution is 0.0213. The number of unbranched alkanes of at least 4 members (excludes halogenated alkanes) is 1. The SMILES string of the molecule is C=CCCNCCCCOC1CCC(NC)CC1. The van der Waals surface area contributed by atoms with E-state index >= 15 is 0 Å². The van der Waals surface area contributed by atoms with E-state index < -0.39 is 0 Å². The van der Waals surface area contributed by atoms with Crippen molar-refractivity contribution in [2.45, 2.75) is 57.1 Å². The van der Waals surface area contributed by atoms with Gasteiger partial charge in [0, 0.05) is 12.6 Å². The Bertz CT molecular complexity index is 201. The lowest BCUT2D eigenvalue weighted by Crippen LogP contribution is -2.33. The Hall–Kier alpha value is -0.380. The third-order valence-corrected chi connectivity index (χ3v) is 3.71. The lowest BCUT2D eigenvalue weighted by Gasteiger charge is -2.28. The van der Waals surface area contributed by atoms with Crippen LogP contribution in [0.5, 0.6) is 0 Å². The van der Waals surface area contributed by atoms with Gasteiger partial charge in [-0.1, -0.05) is 6.08 Å². The van der Waals surface area contributed by atoms with Crippen molar-refractivity contribution in [3.05, 3.63) is 12.7 Å². The monoisotopic (exact) mass is 254 g/mol. The molecule has 0 aromatic heterocycles. The highest BCUT2D eigenvalue weighted by Crippen LogP contribution is 2.21. The Morgan fingerprint density at radius 3 is 2.61 bits per heavy atom. The van der Waals surface area contributed by atoms with Gasteiger partial charge in [0.15, 0.2) is 0 Å². The van der Waals surface area contributed by atoms with Crippen molar-refractivity contribution in [3.8, 4) is 0 Å². The summed E-state index contributed by atoms with van der Waals surface area (Å²) >= 11 is 0. The molecule has 0 saturated heterocycles. The predicted octanol–water partition coefficient (Wildman–Crippen LogP) is 2.48. The van der Waals surface area contributed by atoms with Crippen LogP contribution in [0.2, 0.25) is 0 Å². The maximum absolute atomic E-state index is 5.93. The maximum Gasteiger partial charge on any atom is 0.0576 e. The van der Waals surface area contributed by atoms with Gasteiger partial charge in [0.2, 0.25) is 0 Å². The third-order valence-electron chi connectivity index (χ3n) is 3.71. The van der Waals surface area contributed by atoms with Crippen LogP contribution in [0, 0.1) is 0 Å². The number of hydrogen-bond acceptors (Lipinski definition) is 3. The van der Waals surface area contributed by atoms with Crippen LogP contribution in [0.15, 0.2) is 12.7 Å². The summed E-state index contributed by atoms with van der Waals surface area (Å²) in [7, 11) is 2.06. The van der Waals surface area contributed by atoms with E-state index in [1.807, 2.05) is 6.08 Å². The molecule has 18 heavy (non-hydrogen) atoms. The molecule has 0 bridgehead atoms. The fraction of sp³-hybridized carbons (Fsp3) is 0.867. The minimum atomic E-state index is 0.517. The Labute approximate surface area is 112 Å². The van der Waals surface area contributed by atoms with E-state index in [1.54, 1.807) is 0 Å². The first-order valence-corrected chi connectivity index (χ1v) is 7.47. The Kier molecular flexibility index (Phi) is 9.17. The summed E-state index contributed by atoms with van der Waals surface area (Å²) in [5, 5.41) is 6.76. The molecule has 2 N–H and O–H groups in total. The summed E-state index contributed by atoms with van der Waals surface area (Å²) in [6.45, 7) is 6.79. The molecule has 0 aromatic carbocycles. The van der Waals surface area contributed by atoms with E-state index in [1.165, 1.54) is 38.5 Å². The molecule has 1 aliphatic carbocycles. The molecule has 3 heteroatoms. The largest absolute Gasteiger partial charge is 0.378 e. The topological polar surface area (TPSA) is 33.3 Å². The molecule has 0 unspecified atom stereocenters. The van der Waals surface area contributed by atoms with Gasteiger partial charge in [-0.2, -0.15) is 0 Å². The number of nitrogens with one attached hydrogen (secondary N) is 2. The summed E-state index contributed by atoms with van der Waals surface area (Å²) in [6.07, 6.45) is 10.9. The standard InChI is InChI=1S/C15H30N2O/c1-3-4-11-17-12-5-6-13-18-15-9-7-14(16-2)8-10-15/h3,14-17H,1,4-13H2,2H3. The molecule has 1 rings (SSSR count). The van der Waals surface area contributed by atoms with Gasteiger partial charge in [-0.3, -0.25) is 0 Å². The molecule has 0 radical (unpaired) electrons. The number of rotatable bonds is 10. The molecule has 3 nitrogen and oxygen atoms in total. The second kappa shape index (κ2) is 10.5. The van der Waals surface area contributed by atoms with Gasteiger partial charge < -0.3 is 15.4 Å². The summed E-state index contributed by atoms with van der Waals surface area (Å²) in [6, 6.07) is 0.721. The molecule has 0 heterocycles. The van der Waals surface area contributed by atoms with Crippen LogP contribution in [-0.2, 0) is 4.74 Å². The maximum atomic E-state index is 5.93. The summed E-state index contributed by atoms with van der Waals surface area (Å²) in [5.41, 5.74) is 0. The van der Waals surface area contributed by atoms with Gasteiger partial charge in [0.1, 0.15) is 0 Å². The summed E-state index contributed by atoms with van der Waals surface area (Å²) in [4.78, 5) is 0. The van der Waals surface area contributed by atoms with Gasteiger partial charge in [0.05, 0.1) is 6.10 Å². The van der Waals surface area contributed by atoms with Crippen LogP contribution in [0.1, 0.15) is 44.9 Å².